The summed E-state index contributed by atoms with van der Waals surface area (Å²) in [5.41, 5.74) is 3.50. The van der Waals surface area contributed by atoms with Gasteiger partial charge in [-0.1, -0.05) is 30.3 Å². The highest BCUT2D eigenvalue weighted by Gasteiger charge is 2.08. The highest BCUT2D eigenvalue weighted by molar-refractivity contribution is 5.85. The van der Waals surface area contributed by atoms with Crippen LogP contribution in [0.2, 0.25) is 0 Å². The molecule has 17 heavy (non-hydrogen) atoms. The van der Waals surface area contributed by atoms with E-state index in [4.69, 9.17) is 0 Å². The lowest BCUT2D eigenvalue weighted by atomic mass is 10.0. The summed E-state index contributed by atoms with van der Waals surface area (Å²) in [6.45, 7) is 3.86. The summed E-state index contributed by atoms with van der Waals surface area (Å²) in [4.78, 5) is 4.24. The fraction of sp³-hybridized carbons (Fsp3) is 0.133. The minimum atomic E-state index is 0.293. The van der Waals surface area contributed by atoms with Gasteiger partial charge in [0.2, 0.25) is 0 Å². The Balaban J connectivity index is 2.50. The highest BCUT2D eigenvalue weighted by atomic mass is 16.3. The lowest BCUT2D eigenvalue weighted by Gasteiger charge is -2.08. The highest BCUT2D eigenvalue weighted by Crippen LogP contribution is 2.24. The molecule has 2 nitrogen and oxygen atoms in total. The molecular formula is C15H15NO. The zero-order chi connectivity index (χ0) is 12.3. The molecule has 0 unspecified atom stereocenters. The van der Waals surface area contributed by atoms with Crippen LogP contribution in [0.5, 0.6) is 0 Å². The second-order valence-electron chi connectivity index (χ2n) is 4.00. The smallest absolute Gasteiger partial charge is 0.128 e. The Hall–Kier alpha value is -2.09. The molecule has 2 aromatic rings. The van der Waals surface area contributed by atoms with E-state index in [1.54, 1.807) is 6.20 Å². The Kier molecular flexibility index (Phi) is 3.24. The van der Waals surface area contributed by atoms with Crippen LogP contribution in [-0.2, 0) is 0 Å². The standard InChI is InChI=1S/C15H15NO/c1-11-7-3-4-8-13(11)15(17)12(2)14-9-5-6-10-16-14/h3-10,17H,1-2H3/b15-12-. The van der Waals surface area contributed by atoms with Gasteiger partial charge >= 0.3 is 0 Å². The van der Waals surface area contributed by atoms with Gasteiger partial charge in [0.1, 0.15) is 5.76 Å². The first-order valence-electron chi connectivity index (χ1n) is 5.57. The van der Waals surface area contributed by atoms with E-state index in [9.17, 15) is 5.11 Å². The van der Waals surface area contributed by atoms with Gasteiger partial charge in [0.15, 0.2) is 0 Å². The summed E-state index contributed by atoms with van der Waals surface area (Å²) < 4.78 is 0. The zero-order valence-electron chi connectivity index (χ0n) is 10.0. The van der Waals surface area contributed by atoms with Crippen LogP contribution >= 0.6 is 0 Å². The monoisotopic (exact) mass is 225 g/mol. The number of rotatable bonds is 2. The quantitative estimate of drug-likeness (QED) is 0.788. The number of benzene rings is 1. The van der Waals surface area contributed by atoms with Gasteiger partial charge in [-0.15, -0.1) is 0 Å². The van der Waals surface area contributed by atoms with Gasteiger partial charge < -0.3 is 5.11 Å². The predicted molar refractivity (Wildman–Crippen MR) is 70.5 cm³/mol. The Bertz CT molecular complexity index is 544. The zero-order valence-corrected chi connectivity index (χ0v) is 10.0. The van der Waals surface area contributed by atoms with Crippen molar-refractivity contribution in [3.63, 3.8) is 0 Å². The predicted octanol–water partition coefficient (Wildman–Crippen LogP) is 3.84. The molecule has 0 radical (unpaired) electrons. The number of aliphatic hydroxyl groups is 1. The minimum Gasteiger partial charge on any atom is -0.507 e. The SMILES string of the molecule is C/C(=C(/O)c1ccccc1C)c1ccccn1. The van der Waals surface area contributed by atoms with Crippen molar-refractivity contribution in [1.29, 1.82) is 0 Å². The number of pyridine rings is 1. The first kappa shape index (κ1) is 11.4. The molecule has 1 aromatic carbocycles. The topological polar surface area (TPSA) is 33.1 Å². The van der Waals surface area contributed by atoms with Crippen LogP contribution in [0.4, 0.5) is 0 Å². The molecule has 0 fully saturated rings. The molecular weight excluding hydrogens is 210 g/mol. The molecule has 0 aliphatic rings. The molecule has 0 aliphatic carbocycles. The largest absolute Gasteiger partial charge is 0.507 e. The Morgan fingerprint density at radius 3 is 2.41 bits per heavy atom. The van der Waals surface area contributed by atoms with Crippen molar-refractivity contribution in [2.24, 2.45) is 0 Å². The molecule has 2 heteroatoms. The van der Waals surface area contributed by atoms with E-state index in [0.29, 0.717) is 5.76 Å². The molecule has 0 saturated heterocycles. The van der Waals surface area contributed by atoms with E-state index in [1.165, 1.54) is 0 Å². The third kappa shape index (κ3) is 2.36. The molecule has 0 atom stereocenters. The van der Waals surface area contributed by atoms with Crippen LogP contribution in [0.15, 0.2) is 48.7 Å². The molecule has 0 bridgehead atoms. The summed E-state index contributed by atoms with van der Waals surface area (Å²) in [6, 6.07) is 13.4. The average Bonchev–Trinajstić information content (AvgIpc) is 2.39. The van der Waals surface area contributed by atoms with Gasteiger partial charge in [0.05, 0.1) is 5.69 Å². The third-order valence-corrected chi connectivity index (χ3v) is 2.80. The molecule has 1 aromatic heterocycles. The average molecular weight is 225 g/mol. The molecule has 0 aliphatic heterocycles. The van der Waals surface area contributed by atoms with Gasteiger partial charge in [-0.05, 0) is 31.5 Å². The van der Waals surface area contributed by atoms with Crippen molar-refractivity contribution < 1.29 is 5.11 Å². The van der Waals surface area contributed by atoms with Crippen molar-refractivity contribution >= 4 is 11.3 Å². The minimum absolute atomic E-state index is 0.293. The van der Waals surface area contributed by atoms with Gasteiger partial charge in [-0.3, -0.25) is 4.98 Å². The fourth-order valence-electron chi connectivity index (χ4n) is 1.75. The Morgan fingerprint density at radius 1 is 1.06 bits per heavy atom. The number of aromatic nitrogens is 1. The maximum absolute atomic E-state index is 10.3. The Labute approximate surface area is 101 Å². The van der Waals surface area contributed by atoms with Crippen molar-refractivity contribution in [3.8, 4) is 0 Å². The number of allylic oxidation sites excluding steroid dienone is 1. The maximum atomic E-state index is 10.3. The molecule has 0 saturated carbocycles. The number of aliphatic hydroxyl groups excluding tert-OH is 1. The fourth-order valence-corrected chi connectivity index (χ4v) is 1.75. The number of nitrogens with zero attached hydrogens (tertiary/aromatic N) is 1. The first-order chi connectivity index (χ1) is 8.20. The van der Waals surface area contributed by atoms with Gasteiger partial charge in [0.25, 0.3) is 0 Å². The first-order valence-corrected chi connectivity index (χ1v) is 5.57. The van der Waals surface area contributed by atoms with Crippen molar-refractivity contribution in [3.05, 3.63) is 65.5 Å². The normalized spacial score (nSPS) is 12.1. The van der Waals surface area contributed by atoms with Crippen LogP contribution in [0.1, 0.15) is 23.7 Å². The van der Waals surface area contributed by atoms with Crippen molar-refractivity contribution in [1.82, 2.24) is 4.98 Å². The molecule has 0 amide bonds. The maximum Gasteiger partial charge on any atom is 0.128 e. The number of aryl methyl sites for hydroxylation is 1. The van der Waals surface area contributed by atoms with Crippen LogP contribution in [0.25, 0.3) is 11.3 Å². The van der Waals surface area contributed by atoms with Gasteiger partial charge in [-0.2, -0.15) is 0 Å². The molecule has 1 N–H and O–H groups in total. The second kappa shape index (κ2) is 4.83. The summed E-state index contributed by atoms with van der Waals surface area (Å²) in [7, 11) is 0. The van der Waals surface area contributed by atoms with E-state index in [2.05, 4.69) is 4.98 Å². The summed E-state index contributed by atoms with van der Waals surface area (Å²) >= 11 is 0. The summed E-state index contributed by atoms with van der Waals surface area (Å²) in [5, 5.41) is 10.3. The van der Waals surface area contributed by atoms with Gasteiger partial charge in [-0.25, -0.2) is 0 Å². The van der Waals surface area contributed by atoms with Crippen LogP contribution in [0, 0.1) is 6.92 Å². The van der Waals surface area contributed by atoms with E-state index in [1.807, 2.05) is 56.3 Å². The summed E-state index contributed by atoms with van der Waals surface area (Å²) in [6.07, 6.45) is 1.73. The summed E-state index contributed by atoms with van der Waals surface area (Å²) in [5.74, 6) is 0.293. The van der Waals surface area contributed by atoms with E-state index < -0.39 is 0 Å². The van der Waals surface area contributed by atoms with Crippen molar-refractivity contribution in [2.45, 2.75) is 13.8 Å². The number of hydrogen-bond acceptors (Lipinski definition) is 2. The van der Waals surface area contributed by atoms with Gasteiger partial charge in [0, 0.05) is 17.3 Å². The molecule has 0 spiro atoms. The molecule has 1 heterocycles. The Morgan fingerprint density at radius 2 is 1.76 bits per heavy atom. The van der Waals surface area contributed by atoms with Crippen LogP contribution < -0.4 is 0 Å². The lowest BCUT2D eigenvalue weighted by Crippen LogP contribution is -1.93. The van der Waals surface area contributed by atoms with E-state index in [0.717, 1.165) is 22.4 Å². The lowest BCUT2D eigenvalue weighted by molar-refractivity contribution is 0.512. The van der Waals surface area contributed by atoms with Crippen LogP contribution in [0.3, 0.4) is 0 Å². The third-order valence-electron chi connectivity index (χ3n) is 2.80. The second-order valence-corrected chi connectivity index (χ2v) is 4.00. The van der Waals surface area contributed by atoms with E-state index in [-0.39, 0.29) is 0 Å². The number of hydrogen-bond donors (Lipinski definition) is 1. The van der Waals surface area contributed by atoms with E-state index >= 15 is 0 Å². The molecule has 2 rings (SSSR count). The molecule has 86 valence electrons. The van der Waals surface area contributed by atoms with Crippen LogP contribution in [-0.4, -0.2) is 10.1 Å². The van der Waals surface area contributed by atoms with Crippen molar-refractivity contribution in [2.75, 3.05) is 0 Å².